The highest BCUT2D eigenvalue weighted by atomic mass is 15.1. The van der Waals surface area contributed by atoms with Crippen molar-refractivity contribution in [3.05, 3.63) is 24.0 Å². The summed E-state index contributed by atoms with van der Waals surface area (Å²) in [5.41, 5.74) is 2.37. The number of aromatic nitrogens is 1. The minimum atomic E-state index is 0.816. The SMILES string of the molecule is Cc1cncc(NCC2CCN(C)CC2)c1. The number of rotatable bonds is 3. The van der Waals surface area contributed by atoms with Crippen LogP contribution in [-0.4, -0.2) is 36.6 Å². The molecule has 1 aromatic heterocycles. The third-order valence-corrected chi connectivity index (χ3v) is 3.31. The second-order valence-corrected chi connectivity index (χ2v) is 4.88. The van der Waals surface area contributed by atoms with E-state index in [1.54, 1.807) is 0 Å². The van der Waals surface area contributed by atoms with Crippen molar-refractivity contribution in [3.63, 3.8) is 0 Å². The summed E-state index contributed by atoms with van der Waals surface area (Å²) in [4.78, 5) is 6.60. The Balaban J connectivity index is 1.79. The molecule has 0 atom stereocenters. The van der Waals surface area contributed by atoms with Gasteiger partial charge in [0.05, 0.1) is 5.69 Å². The molecule has 0 saturated carbocycles. The molecule has 1 aliphatic heterocycles. The predicted molar refractivity (Wildman–Crippen MR) is 67.7 cm³/mol. The molecule has 0 unspecified atom stereocenters. The van der Waals surface area contributed by atoms with Crippen LogP contribution in [0.3, 0.4) is 0 Å². The molecule has 1 fully saturated rings. The van der Waals surface area contributed by atoms with Crippen LogP contribution in [0.5, 0.6) is 0 Å². The van der Waals surface area contributed by atoms with Crippen molar-refractivity contribution >= 4 is 5.69 Å². The molecule has 3 heteroatoms. The molecule has 0 bridgehead atoms. The smallest absolute Gasteiger partial charge is 0.0529 e. The molecule has 0 radical (unpaired) electrons. The van der Waals surface area contributed by atoms with Gasteiger partial charge in [-0.15, -0.1) is 0 Å². The second-order valence-electron chi connectivity index (χ2n) is 4.88. The molecule has 3 nitrogen and oxygen atoms in total. The number of nitrogens with zero attached hydrogens (tertiary/aromatic N) is 2. The standard InChI is InChI=1S/C13H21N3/c1-11-7-13(10-14-8-11)15-9-12-3-5-16(2)6-4-12/h7-8,10,12,15H,3-6,9H2,1-2H3. The number of hydrogen-bond acceptors (Lipinski definition) is 3. The number of pyridine rings is 1. The number of aryl methyl sites for hydroxylation is 1. The van der Waals surface area contributed by atoms with E-state index in [4.69, 9.17) is 0 Å². The average Bonchev–Trinajstić information content (AvgIpc) is 2.28. The third-order valence-electron chi connectivity index (χ3n) is 3.31. The van der Waals surface area contributed by atoms with Gasteiger partial charge in [-0.3, -0.25) is 4.98 Å². The highest BCUT2D eigenvalue weighted by Gasteiger charge is 2.15. The maximum Gasteiger partial charge on any atom is 0.0529 e. The summed E-state index contributed by atoms with van der Waals surface area (Å²) >= 11 is 0. The molecule has 0 aliphatic carbocycles. The zero-order valence-electron chi connectivity index (χ0n) is 10.2. The van der Waals surface area contributed by atoms with Gasteiger partial charge in [-0.2, -0.15) is 0 Å². The van der Waals surface area contributed by atoms with Gasteiger partial charge in [0, 0.05) is 18.9 Å². The van der Waals surface area contributed by atoms with Crippen LogP contribution in [0.4, 0.5) is 5.69 Å². The fourth-order valence-corrected chi connectivity index (χ4v) is 2.18. The van der Waals surface area contributed by atoms with Crippen LogP contribution in [-0.2, 0) is 0 Å². The molecular weight excluding hydrogens is 198 g/mol. The Morgan fingerprint density at radius 1 is 1.38 bits per heavy atom. The monoisotopic (exact) mass is 219 g/mol. The predicted octanol–water partition coefficient (Wildman–Crippen LogP) is 2.14. The van der Waals surface area contributed by atoms with E-state index in [9.17, 15) is 0 Å². The van der Waals surface area contributed by atoms with Crippen LogP contribution >= 0.6 is 0 Å². The van der Waals surface area contributed by atoms with Gasteiger partial charge in [0.1, 0.15) is 0 Å². The minimum absolute atomic E-state index is 0.816. The van der Waals surface area contributed by atoms with E-state index in [-0.39, 0.29) is 0 Å². The van der Waals surface area contributed by atoms with Crippen molar-refractivity contribution in [1.82, 2.24) is 9.88 Å². The van der Waals surface area contributed by atoms with Gasteiger partial charge in [0.15, 0.2) is 0 Å². The first-order valence-corrected chi connectivity index (χ1v) is 6.08. The van der Waals surface area contributed by atoms with E-state index in [1.807, 2.05) is 12.4 Å². The Morgan fingerprint density at radius 3 is 2.81 bits per heavy atom. The molecule has 88 valence electrons. The molecule has 2 rings (SSSR count). The van der Waals surface area contributed by atoms with E-state index in [1.165, 1.54) is 31.5 Å². The van der Waals surface area contributed by atoms with Gasteiger partial charge in [-0.25, -0.2) is 0 Å². The molecule has 1 aliphatic rings. The molecule has 0 aromatic carbocycles. The quantitative estimate of drug-likeness (QED) is 0.844. The zero-order chi connectivity index (χ0) is 11.4. The van der Waals surface area contributed by atoms with Gasteiger partial charge in [-0.05, 0) is 57.5 Å². The van der Waals surface area contributed by atoms with Crippen molar-refractivity contribution in [2.24, 2.45) is 5.92 Å². The van der Waals surface area contributed by atoms with Crippen molar-refractivity contribution in [3.8, 4) is 0 Å². The number of likely N-dealkylation sites (tertiary alicyclic amines) is 1. The number of nitrogens with one attached hydrogen (secondary N) is 1. The van der Waals surface area contributed by atoms with Crippen LogP contribution in [0, 0.1) is 12.8 Å². The molecule has 1 aromatic rings. The van der Waals surface area contributed by atoms with Gasteiger partial charge in [-0.1, -0.05) is 0 Å². The summed E-state index contributed by atoms with van der Waals surface area (Å²) in [7, 11) is 2.20. The highest BCUT2D eigenvalue weighted by Crippen LogP contribution is 2.17. The Morgan fingerprint density at radius 2 is 2.12 bits per heavy atom. The van der Waals surface area contributed by atoms with Crippen molar-refractivity contribution < 1.29 is 0 Å². The fourth-order valence-electron chi connectivity index (χ4n) is 2.18. The average molecular weight is 219 g/mol. The first-order valence-electron chi connectivity index (χ1n) is 6.08. The lowest BCUT2D eigenvalue weighted by Crippen LogP contribution is -2.32. The van der Waals surface area contributed by atoms with Gasteiger partial charge >= 0.3 is 0 Å². The summed E-state index contributed by atoms with van der Waals surface area (Å²) in [6, 6.07) is 2.15. The van der Waals surface area contributed by atoms with Crippen molar-refractivity contribution in [2.75, 3.05) is 32.0 Å². The van der Waals surface area contributed by atoms with Gasteiger partial charge < -0.3 is 10.2 Å². The molecule has 0 amide bonds. The Kier molecular flexibility index (Phi) is 3.78. The Hall–Kier alpha value is -1.09. The highest BCUT2D eigenvalue weighted by molar-refractivity contribution is 5.42. The van der Waals surface area contributed by atoms with Crippen molar-refractivity contribution in [2.45, 2.75) is 19.8 Å². The largest absolute Gasteiger partial charge is 0.384 e. The summed E-state index contributed by atoms with van der Waals surface area (Å²) in [5, 5.41) is 3.49. The van der Waals surface area contributed by atoms with E-state index in [2.05, 4.69) is 35.2 Å². The van der Waals surface area contributed by atoms with Crippen LogP contribution in [0.2, 0.25) is 0 Å². The van der Waals surface area contributed by atoms with Gasteiger partial charge in [0.25, 0.3) is 0 Å². The minimum Gasteiger partial charge on any atom is -0.384 e. The summed E-state index contributed by atoms with van der Waals surface area (Å²) < 4.78 is 0. The normalized spacial score (nSPS) is 18.6. The van der Waals surface area contributed by atoms with Gasteiger partial charge in [0.2, 0.25) is 0 Å². The zero-order valence-corrected chi connectivity index (χ0v) is 10.2. The molecule has 16 heavy (non-hydrogen) atoms. The fraction of sp³-hybridized carbons (Fsp3) is 0.615. The number of hydrogen-bond donors (Lipinski definition) is 1. The Labute approximate surface area is 97.9 Å². The van der Waals surface area contributed by atoms with Crippen LogP contribution in [0.25, 0.3) is 0 Å². The lowest BCUT2D eigenvalue weighted by atomic mass is 9.97. The first kappa shape index (κ1) is 11.4. The molecule has 1 saturated heterocycles. The molecular formula is C13H21N3. The van der Waals surface area contributed by atoms with Crippen LogP contribution < -0.4 is 5.32 Å². The summed E-state index contributed by atoms with van der Waals surface area (Å²) in [5.74, 6) is 0.816. The van der Waals surface area contributed by atoms with E-state index < -0.39 is 0 Å². The van der Waals surface area contributed by atoms with E-state index in [0.29, 0.717) is 0 Å². The van der Waals surface area contributed by atoms with Crippen LogP contribution in [0.1, 0.15) is 18.4 Å². The number of piperidine rings is 1. The lowest BCUT2D eigenvalue weighted by Gasteiger charge is -2.29. The maximum absolute atomic E-state index is 4.19. The second kappa shape index (κ2) is 5.30. The number of anilines is 1. The molecule has 1 N–H and O–H groups in total. The third kappa shape index (κ3) is 3.20. The lowest BCUT2D eigenvalue weighted by molar-refractivity contribution is 0.226. The summed E-state index contributed by atoms with van der Waals surface area (Å²) in [6.07, 6.45) is 6.41. The maximum atomic E-state index is 4.19. The first-order chi connectivity index (χ1) is 7.74. The Bertz CT molecular complexity index is 330. The molecule has 0 spiro atoms. The van der Waals surface area contributed by atoms with Crippen molar-refractivity contribution in [1.29, 1.82) is 0 Å². The summed E-state index contributed by atoms with van der Waals surface area (Å²) in [6.45, 7) is 5.63. The topological polar surface area (TPSA) is 28.2 Å². The van der Waals surface area contributed by atoms with E-state index >= 15 is 0 Å². The van der Waals surface area contributed by atoms with E-state index in [0.717, 1.165) is 18.2 Å². The molecule has 2 heterocycles. The van der Waals surface area contributed by atoms with Crippen LogP contribution in [0.15, 0.2) is 18.5 Å².